The van der Waals surface area contributed by atoms with Crippen molar-refractivity contribution < 1.29 is 9.72 Å². The van der Waals surface area contributed by atoms with Gasteiger partial charge in [0.25, 0.3) is 12.5 Å². The average molecular weight is 273 g/mol. The number of rotatable bonds is 4. The van der Waals surface area contributed by atoms with Crippen LogP contribution >= 0.6 is 15.9 Å². The van der Waals surface area contributed by atoms with Crippen molar-refractivity contribution in [3.63, 3.8) is 0 Å². The van der Waals surface area contributed by atoms with Crippen molar-refractivity contribution in [1.29, 1.82) is 0 Å². The number of carbonyl (C=O) groups is 1. The monoisotopic (exact) mass is 272 g/mol. The van der Waals surface area contributed by atoms with Gasteiger partial charge in [0.1, 0.15) is 0 Å². The molecule has 15 heavy (non-hydrogen) atoms. The molecule has 0 spiro atoms. The number of nitrogens with zero attached hydrogens (tertiary/aromatic N) is 1. The fourth-order valence-corrected chi connectivity index (χ4v) is 1.47. The molecular weight excluding hydrogens is 264 g/mol. The van der Waals surface area contributed by atoms with Crippen molar-refractivity contribution in [3.05, 3.63) is 44.4 Å². The number of hydrogen-bond acceptors (Lipinski definition) is 3. The topological polar surface area (TPSA) is 72.2 Å². The Bertz CT molecular complexity index is 381. The molecule has 6 heteroatoms. The molecule has 0 fully saturated rings. The molecule has 0 aliphatic carbocycles. The molecule has 0 saturated carbocycles. The quantitative estimate of drug-likeness (QED) is 0.664. The highest BCUT2D eigenvalue weighted by Gasteiger charge is 2.07. The van der Waals surface area contributed by atoms with Crippen LogP contribution in [0.25, 0.3) is 0 Å². The summed E-state index contributed by atoms with van der Waals surface area (Å²) in [5.41, 5.74) is 0.890. The third-order valence-electron chi connectivity index (χ3n) is 1.65. The van der Waals surface area contributed by atoms with Crippen molar-refractivity contribution >= 4 is 21.8 Å². The zero-order valence-corrected chi connectivity index (χ0v) is 9.36. The summed E-state index contributed by atoms with van der Waals surface area (Å²) in [6, 6.07) is 7.37. The van der Waals surface area contributed by atoms with Gasteiger partial charge in [0.05, 0.1) is 0 Å². The Morgan fingerprint density at radius 2 is 2.27 bits per heavy atom. The second kappa shape index (κ2) is 5.45. The molecule has 1 rings (SSSR count). The van der Waals surface area contributed by atoms with E-state index in [0.29, 0.717) is 6.54 Å². The first-order valence-electron chi connectivity index (χ1n) is 4.21. The van der Waals surface area contributed by atoms with E-state index in [1.807, 2.05) is 24.3 Å². The lowest BCUT2D eigenvalue weighted by atomic mass is 10.2. The van der Waals surface area contributed by atoms with Crippen molar-refractivity contribution in [2.24, 2.45) is 0 Å². The van der Waals surface area contributed by atoms with Gasteiger partial charge >= 0.3 is 0 Å². The summed E-state index contributed by atoms with van der Waals surface area (Å²) in [6.07, 6.45) is 0. The highest BCUT2D eigenvalue weighted by Crippen LogP contribution is 2.11. The second-order valence-corrected chi connectivity index (χ2v) is 3.81. The molecule has 0 aliphatic heterocycles. The Labute approximate surface area is 94.8 Å². The van der Waals surface area contributed by atoms with Gasteiger partial charge in [-0.1, -0.05) is 28.1 Å². The maximum absolute atomic E-state index is 10.9. The molecule has 1 N–H and O–H groups in total. The summed E-state index contributed by atoms with van der Waals surface area (Å²) in [6.45, 7) is -0.389. The zero-order chi connectivity index (χ0) is 11.3. The molecule has 1 amide bonds. The standard InChI is InChI=1S/C9H9BrN2O3/c10-8-3-1-2-7(4-8)5-11-9(13)6-12(14)15/h1-4H,5-6H2,(H,11,13). The van der Waals surface area contributed by atoms with Crippen molar-refractivity contribution in [2.75, 3.05) is 6.54 Å². The number of hydrogen-bond donors (Lipinski definition) is 1. The van der Waals surface area contributed by atoms with Crippen molar-refractivity contribution in [1.82, 2.24) is 5.32 Å². The molecule has 0 unspecified atom stereocenters. The number of nitro groups is 1. The predicted molar refractivity (Wildman–Crippen MR) is 57.9 cm³/mol. The van der Waals surface area contributed by atoms with Crippen LogP contribution in [0.15, 0.2) is 28.7 Å². The van der Waals surface area contributed by atoms with Crippen LogP contribution in [-0.2, 0) is 11.3 Å². The van der Waals surface area contributed by atoms with Gasteiger partial charge in [0.15, 0.2) is 0 Å². The average Bonchev–Trinajstić information content (AvgIpc) is 2.14. The Kier molecular flexibility index (Phi) is 4.23. The summed E-state index contributed by atoms with van der Waals surface area (Å²) < 4.78 is 0.906. The first kappa shape index (κ1) is 11.6. The van der Waals surface area contributed by atoms with Crippen LogP contribution in [0.4, 0.5) is 0 Å². The van der Waals surface area contributed by atoms with Crippen molar-refractivity contribution in [3.8, 4) is 0 Å². The first-order valence-corrected chi connectivity index (χ1v) is 5.00. The smallest absolute Gasteiger partial charge is 0.292 e. The largest absolute Gasteiger partial charge is 0.346 e. The van der Waals surface area contributed by atoms with Crippen LogP contribution in [0.3, 0.4) is 0 Å². The summed E-state index contributed by atoms with van der Waals surface area (Å²) >= 11 is 3.29. The van der Waals surface area contributed by atoms with Crippen LogP contribution in [-0.4, -0.2) is 17.4 Å². The van der Waals surface area contributed by atoms with E-state index in [0.717, 1.165) is 10.0 Å². The molecular formula is C9H9BrN2O3. The highest BCUT2D eigenvalue weighted by atomic mass is 79.9. The van der Waals surface area contributed by atoms with Gasteiger partial charge in [0, 0.05) is 15.9 Å². The SMILES string of the molecule is O=C(C[N+](=O)[O-])NCc1cccc(Br)c1. The lowest BCUT2D eigenvalue weighted by molar-refractivity contribution is -0.467. The number of amides is 1. The van der Waals surface area contributed by atoms with Gasteiger partial charge in [-0.05, 0) is 17.7 Å². The molecule has 0 radical (unpaired) electrons. The molecule has 0 atom stereocenters. The summed E-state index contributed by atoms with van der Waals surface area (Å²) in [7, 11) is 0. The molecule has 1 aromatic carbocycles. The minimum atomic E-state index is -0.687. The van der Waals surface area contributed by atoms with E-state index < -0.39 is 17.4 Å². The van der Waals surface area contributed by atoms with Crippen LogP contribution < -0.4 is 5.32 Å². The van der Waals surface area contributed by atoms with E-state index in [-0.39, 0.29) is 0 Å². The Morgan fingerprint density at radius 1 is 1.53 bits per heavy atom. The molecule has 0 aliphatic rings. The minimum absolute atomic E-state index is 0.298. The van der Waals surface area contributed by atoms with E-state index in [2.05, 4.69) is 21.2 Å². The normalized spacial score (nSPS) is 9.67. The summed E-state index contributed by atoms with van der Waals surface area (Å²) in [5, 5.41) is 12.5. The molecule has 80 valence electrons. The number of nitrogens with one attached hydrogen (secondary N) is 1. The maximum Gasteiger partial charge on any atom is 0.292 e. The lowest BCUT2D eigenvalue weighted by Crippen LogP contribution is -2.29. The molecule has 1 aromatic rings. The van der Waals surface area contributed by atoms with Crippen LogP contribution in [0, 0.1) is 10.1 Å². The Morgan fingerprint density at radius 3 is 2.87 bits per heavy atom. The van der Waals surface area contributed by atoms with Gasteiger partial charge in [-0.15, -0.1) is 0 Å². The van der Waals surface area contributed by atoms with E-state index >= 15 is 0 Å². The second-order valence-electron chi connectivity index (χ2n) is 2.90. The predicted octanol–water partition coefficient (Wildman–Crippen LogP) is 1.34. The van der Waals surface area contributed by atoms with Crippen LogP contribution in [0.1, 0.15) is 5.56 Å². The van der Waals surface area contributed by atoms with Gasteiger partial charge in [-0.3, -0.25) is 14.9 Å². The van der Waals surface area contributed by atoms with E-state index in [1.54, 1.807) is 0 Å². The maximum atomic E-state index is 10.9. The Hall–Kier alpha value is -1.43. The third-order valence-corrected chi connectivity index (χ3v) is 2.14. The minimum Gasteiger partial charge on any atom is -0.346 e. The first-order chi connectivity index (χ1) is 7.08. The molecule has 5 nitrogen and oxygen atoms in total. The van der Waals surface area contributed by atoms with Gasteiger partial charge in [-0.25, -0.2) is 0 Å². The van der Waals surface area contributed by atoms with Crippen LogP contribution in [0.2, 0.25) is 0 Å². The molecule has 0 aromatic heterocycles. The van der Waals surface area contributed by atoms with E-state index in [9.17, 15) is 14.9 Å². The number of halogens is 1. The van der Waals surface area contributed by atoms with Crippen LogP contribution in [0.5, 0.6) is 0 Å². The van der Waals surface area contributed by atoms with Gasteiger partial charge in [0.2, 0.25) is 0 Å². The summed E-state index contributed by atoms with van der Waals surface area (Å²) in [4.78, 5) is 20.3. The van der Waals surface area contributed by atoms with E-state index in [4.69, 9.17) is 0 Å². The van der Waals surface area contributed by atoms with Gasteiger partial charge < -0.3 is 5.32 Å². The number of carbonyl (C=O) groups excluding carboxylic acids is 1. The van der Waals surface area contributed by atoms with Crippen molar-refractivity contribution in [2.45, 2.75) is 6.54 Å². The fraction of sp³-hybridized carbons (Fsp3) is 0.222. The highest BCUT2D eigenvalue weighted by molar-refractivity contribution is 9.10. The molecule has 0 saturated heterocycles. The fourth-order valence-electron chi connectivity index (χ4n) is 1.02. The zero-order valence-electron chi connectivity index (χ0n) is 7.77. The lowest BCUT2D eigenvalue weighted by Gasteiger charge is -2.02. The Balaban J connectivity index is 2.43. The van der Waals surface area contributed by atoms with E-state index in [1.165, 1.54) is 0 Å². The molecule has 0 bridgehead atoms. The molecule has 0 heterocycles. The third kappa shape index (κ3) is 4.55. The summed E-state index contributed by atoms with van der Waals surface area (Å²) in [5.74, 6) is -0.583. The number of benzene rings is 1. The van der Waals surface area contributed by atoms with Gasteiger partial charge in [-0.2, -0.15) is 0 Å².